The van der Waals surface area contributed by atoms with E-state index in [2.05, 4.69) is 41.0 Å². The molecule has 0 spiro atoms. The molecule has 6 aromatic rings. The third-order valence-electron chi connectivity index (χ3n) is 8.30. The molecule has 1 aromatic heterocycles. The van der Waals surface area contributed by atoms with E-state index in [9.17, 15) is 9.59 Å². The maximum absolute atomic E-state index is 14.2. The first-order valence-corrected chi connectivity index (χ1v) is 14.9. The van der Waals surface area contributed by atoms with E-state index in [0.29, 0.717) is 17.9 Å². The van der Waals surface area contributed by atoms with Gasteiger partial charge in [0.1, 0.15) is 5.57 Å². The van der Waals surface area contributed by atoms with Crippen LogP contribution in [0.2, 0.25) is 0 Å². The zero-order valence-electron chi connectivity index (χ0n) is 24.4. The Morgan fingerprint density at radius 2 is 1.34 bits per heavy atom. The minimum absolute atomic E-state index is 0.0503. The Hall–Kier alpha value is -5.33. The Bertz CT molecular complexity index is 2140. The van der Waals surface area contributed by atoms with Crippen LogP contribution < -0.4 is 9.80 Å². The molecule has 0 bridgehead atoms. The van der Waals surface area contributed by atoms with E-state index in [1.807, 2.05) is 98.9 Å². The molecule has 5 nitrogen and oxygen atoms in total. The highest BCUT2D eigenvalue weighted by Crippen LogP contribution is 2.32. The molecule has 0 radical (unpaired) electrons. The standard InChI is InChI=1S/C38H29N3O2S/c1-25-16-19-32(20-26(25)2)41-37(43)34(36(42)40(38(41)44)31-12-4-3-5-13-31)22-30-24-39(35-15-9-8-14-33(30)35)23-27-17-18-28-10-6-7-11-29(28)21-27/h3-22,24H,23H2,1-2H3/b34-22+. The monoisotopic (exact) mass is 591 g/mol. The van der Waals surface area contributed by atoms with Gasteiger partial charge in [0.2, 0.25) is 0 Å². The second-order valence-electron chi connectivity index (χ2n) is 11.1. The molecule has 1 aliphatic rings. The van der Waals surface area contributed by atoms with Crippen LogP contribution in [0, 0.1) is 13.8 Å². The topological polar surface area (TPSA) is 45.6 Å². The Kier molecular flexibility index (Phi) is 6.91. The molecule has 1 fully saturated rings. The number of fused-ring (bicyclic) bond motifs is 2. The summed E-state index contributed by atoms with van der Waals surface area (Å²) in [4.78, 5) is 31.2. The van der Waals surface area contributed by atoms with Crippen LogP contribution in [0.25, 0.3) is 27.8 Å². The fourth-order valence-electron chi connectivity index (χ4n) is 5.84. The average Bonchev–Trinajstić information content (AvgIpc) is 3.38. The molecule has 2 amide bonds. The molecular formula is C38H29N3O2S. The predicted molar refractivity (Wildman–Crippen MR) is 183 cm³/mol. The van der Waals surface area contributed by atoms with E-state index in [1.165, 1.54) is 20.6 Å². The van der Waals surface area contributed by atoms with Crippen LogP contribution >= 0.6 is 12.2 Å². The largest absolute Gasteiger partial charge is 0.342 e. The van der Waals surface area contributed by atoms with E-state index < -0.39 is 11.8 Å². The molecule has 1 saturated heterocycles. The number of para-hydroxylation sites is 2. The number of hydrogen-bond donors (Lipinski definition) is 0. The van der Waals surface area contributed by atoms with Gasteiger partial charge >= 0.3 is 0 Å². The van der Waals surface area contributed by atoms with Crippen LogP contribution in [0.5, 0.6) is 0 Å². The number of hydrogen-bond acceptors (Lipinski definition) is 3. The minimum Gasteiger partial charge on any atom is -0.342 e. The summed E-state index contributed by atoms with van der Waals surface area (Å²) in [6.45, 7) is 4.66. The number of anilines is 2. The van der Waals surface area contributed by atoms with Gasteiger partial charge < -0.3 is 4.57 Å². The molecule has 2 heterocycles. The Morgan fingerprint density at radius 1 is 0.659 bits per heavy atom. The van der Waals surface area contributed by atoms with Gasteiger partial charge in [-0.3, -0.25) is 19.4 Å². The van der Waals surface area contributed by atoms with Gasteiger partial charge in [0.05, 0.1) is 11.4 Å². The van der Waals surface area contributed by atoms with Crippen molar-refractivity contribution < 1.29 is 9.59 Å². The summed E-state index contributed by atoms with van der Waals surface area (Å²) in [7, 11) is 0. The first-order chi connectivity index (χ1) is 21.4. The van der Waals surface area contributed by atoms with E-state index in [-0.39, 0.29) is 10.7 Å². The number of nitrogens with zero attached hydrogens (tertiary/aromatic N) is 3. The van der Waals surface area contributed by atoms with Gasteiger partial charge in [-0.1, -0.05) is 78.9 Å². The summed E-state index contributed by atoms with van der Waals surface area (Å²) >= 11 is 5.83. The summed E-state index contributed by atoms with van der Waals surface area (Å²) in [5, 5.41) is 3.47. The van der Waals surface area contributed by atoms with Gasteiger partial charge in [0.15, 0.2) is 5.11 Å². The molecular weight excluding hydrogens is 563 g/mol. The predicted octanol–water partition coefficient (Wildman–Crippen LogP) is 8.21. The van der Waals surface area contributed by atoms with Crippen molar-refractivity contribution in [3.63, 3.8) is 0 Å². The molecule has 0 N–H and O–H groups in total. The third-order valence-corrected chi connectivity index (χ3v) is 8.66. The van der Waals surface area contributed by atoms with Crippen molar-refractivity contribution in [1.29, 1.82) is 0 Å². The second-order valence-corrected chi connectivity index (χ2v) is 11.5. The third kappa shape index (κ3) is 4.79. The fourth-order valence-corrected chi connectivity index (χ4v) is 6.21. The molecule has 5 aromatic carbocycles. The Balaban J connectivity index is 1.35. The molecule has 44 heavy (non-hydrogen) atoms. The van der Waals surface area contributed by atoms with Crippen molar-refractivity contribution in [2.45, 2.75) is 20.4 Å². The second kappa shape index (κ2) is 11.1. The molecule has 0 saturated carbocycles. The Labute approximate surface area is 261 Å². The number of aromatic nitrogens is 1. The molecule has 0 atom stereocenters. The van der Waals surface area contributed by atoms with Gasteiger partial charge in [-0.2, -0.15) is 0 Å². The van der Waals surface area contributed by atoms with Crippen LogP contribution in [-0.4, -0.2) is 21.5 Å². The van der Waals surface area contributed by atoms with Crippen molar-refractivity contribution >= 4 is 68.3 Å². The number of rotatable bonds is 5. The van der Waals surface area contributed by atoms with Gasteiger partial charge in [0.25, 0.3) is 11.8 Å². The zero-order valence-corrected chi connectivity index (χ0v) is 25.2. The lowest BCUT2D eigenvalue weighted by Crippen LogP contribution is -2.57. The summed E-state index contributed by atoms with van der Waals surface area (Å²) in [6, 6.07) is 37.9. The quantitative estimate of drug-likeness (QED) is 0.115. The smallest absolute Gasteiger partial charge is 0.270 e. The maximum Gasteiger partial charge on any atom is 0.270 e. The highest BCUT2D eigenvalue weighted by atomic mass is 32.1. The highest BCUT2D eigenvalue weighted by molar-refractivity contribution is 7.81. The lowest BCUT2D eigenvalue weighted by Gasteiger charge is -2.36. The molecule has 0 unspecified atom stereocenters. The highest BCUT2D eigenvalue weighted by Gasteiger charge is 2.41. The average molecular weight is 592 g/mol. The fraction of sp³-hybridized carbons (Fsp3) is 0.0789. The van der Waals surface area contributed by atoms with Crippen molar-refractivity contribution in [3.05, 3.63) is 149 Å². The van der Waals surface area contributed by atoms with Crippen LogP contribution in [0.1, 0.15) is 22.3 Å². The van der Waals surface area contributed by atoms with Gasteiger partial charge in [-0.05, 0) is 96.0 Å². The van der Waals surface area contributed by atoms with Crippen LogP contribution in [0.3, 0.4) is 0 Å². The first-order valence-electron chi connectivity index (χ1n) is 14.5. The lowest BCUT2D eigenvalue weighted by atomic mass is 10.0. The van der Waals surface area contributed by atoms with Crippen LogP contribution in [0.15, 0.2) is 127 Å². The summed E-state index contributed by atoms with van der Waals surface area (Å²) in [5.74, 6) is -0.889. The number of aryl methyl sites for hydroxylation is 2. The SMILES string of the molecule is Cc1ccc(N2C(=O)/C(=C/c3cn(Cc4ccc5ccccc5c4)c4ccccc34)C(=O)N(c3ccccc3)C2=S)cc1C. The van der Waals surface area contributed by atoms with Crippen molar-refractivity contribution in [3.8, 4) is 0 Å². The summed E-state index contributed by atoms with van der Waals surface area (Å²) < 4.78 is 2.17. The summed E-state index contributed by atoms with van der Waals surface area (Å²) in [6.07, 6.45) is 3.74. The van der Waals surface area contributed by atoms with E-state index in [4.69, 9.17) is 12.2 Å². The Morgan fingerprint density at radius 3 is 2.11 bits per heavy atom. The molecule has 214 valence electrons. The number of thiocarbonyl (C=S) groups is 1. The van der Waals surface area contributed by atoms with Crippen LogP contribution in [0.4, 0.5) is 11.4 Å². The van der Waals surface area contributed by atoms with Crippen LogP contribution in [-0.2, 0) is 16.1 Å². The molecule has 1 aliphatic heterocycles. The molecule has 6 heteroatoms. The lowest BCUT2D eigenvalue weighted by molar-refractivity contribution is -0.120. The van der Waals surface area contributed by atoms with Crippen molar-refractivity contribution in [1.82, 2.24) is 4.57 Å². The molecule has 7 rings (SSSR count). The first kappa shape index (κ1) is 27.5. The number of carbonyl (C=O) groups is 2. The number of benzene rings is 5. The van der Waals surface area contributed by atoms with Gasteiger partial charge in [0, 0.05) is 29.2 Å². The van der Waals surface area contributed by atoms with E-state index >= 15 is 0 Å². The number of carbonyl (C=O) groups excluding carboxylic acids is 2. The van der Waals surface area contributed by atoms with Crippen molar-refractivity contribution in [2.75, 3.05) is 9.80 Å². The normalized spacial score (nSPS) is 14.8. The molecule has 0 aliphatic carbocycles. The zero-order chi connectivity index (χ0) is 30.4. The van der Waals surface area contributed by atoms with E-state index in [0.717, 1.165) is 33.2 Å². The maximum atomic E-state index is 14.2. The number of amides is 2. The minimum atomic E-state index is -0.447. The summed E-state index contributed by atoms with van der Waals surface area (Å²) in [5.41, 5.74) is 6.39. The van der Waals surface area contributed by atoms with E-state index in [1.54, 1.807) is 6.08 Å². The van der Waals surface area contributed by atoms with Gasteiger partial charge in [-0.15, -0.1) is 0 Å². The van der Waals surface area contributed by atoms with Gasteiger partial charge in [-0.25, -0.2) is 0 Å². The van der Waals surface area contributed by atoms with Crippen molar-refractivity contribution in [2.24, 2.45) is 0 Å².